The van der Waals surface area contributed by atoms with Crippen LogP contribution in [0.4, 0.5) is 0 Å². The van der Waals surface area contributed by atoms with Gasteiger partial charge in [0.05, 0.1) is 0 Å². The number of hydrogen-bond acceptors (Lipinski definition) is 1. The highest BCUT2D eigenvalue weighted by molar-refractivity contribution is 5.75. The molecule has 1 N–H and O–H groups in total. The van der Waals surface area contributed by atoms with E-state index in [9.17, 15) is 4.79 Å². The lowest BCUT2D eigenvalue weighted by molar-refractivity contribution is -0.118. The van der Waals surface area contributed by atoms with Gasteiger partial charge in [0.1, 0.15) is 0 Å². The molecule has 11 heavy (non-hydrogen) atoms. The summed E-state index contributed by atoms with van der Waals surface area (Å²) in [4.78, 5) is 10.3. The van der Waals surface area contributed by atoms with Gasteiger partial charge in [0.15, 0.2) is 0 Å². The van der Waals surface area contributed by atoms with Gasteiger partial charge >= 0.3 is 0 Å². The van der Waals surface area contributed by atoms with Crippen LogP contribution in [0.5, 0.6) is 0 Å². The van der Waals surface area contributed by atoms with E-state index < -0.39 is 0 Å². The second-order valence-corrected chi connectivity index (χ2v) is 1.71. The van der Waals surface area contributed by atoms with Crippen molar-refractivity contribution in [3.05, 3.63) is 24.4 Å². The lowest BCUT2D eigenvalue weighted by atomic mass is 10.4. The smallest absolute Gasteiger partial charge is 0.221 e. The molecule has 0 heterocycles. The molecule has 0 bridgehead atoms. The van der Waals surface area contributed by atoms with E-state index in [4.69, 9.17) is 0 Å². The van der Waals surface area contributed by atoms with Gasteiger partial charge < -0.3 is 5.32 Å². The van der Waals surface area contributed by atoms with Crippen LogP contribution >= 0.6 is 0 Å². The average Bonchev–Trinajstić information content (AvgIpc) is 1.91. The van der Waals surface area contributed by atoms with E-state index in [1.807, 2.05) is 26.8 Å². The molecule has 2 heteroatoms. The Labute approximate surface area is 69.0 Å². The first-order valence-electron chi connectivity index (χ1n) is 3.76. The van der Waals surface area contributed by atoms with Crippen LogP contribution in [0.2, 0.25) is 0 Å². The van der Waals surface area contributed by atoms with E-state index in [0.717, 1.165) is 0 Å². The van der Waals surface area contributed by atoms with Crippen molar-refractivity contribution in [2.45, 2.75) is 27.7 Å². The summed E-state index contributed by atoms with van der Waals surface area (Å²) in [5.41, 5.74) is 0.630. The molecule has 0 aromatic heterocycles. The molecule has 0 fully saturated rings. The lowest BCUT2D eigenvalue weighted by Gasteiger charge is -1.96. The molecular formula is C9H17NO. The fourth-order valence-corrected chi connectivity index (χ4v) is 0.469. The van der Waals surface area contributed by atoms with Crippen molar-refractivity contribution in [2.75, 3.05) is 0 Å². The molecule has 0 atom stereocenters. The van der Waals surface area contributed by atoms with Crippen LogP contribution in [0, 0.1) is 0 Å². The molecule has 2 nitrogen and oxygen atoms in total. The molecule has 0 spiro atoms. The molecular weight excluding hydrogens is 138 g/mol. The maximum atomic E-state index is 10.3. The number of carbonyl (C=O) groups excluding carboxylic acids is 1. The van der Waals surface area contributed by atoms with Crippen LogP contribution < -0.4 is 5.32 Å². The molecule has 0 aliphatic heterocycles. The van der Waals surface area contributed by atoms with Gasteiger partial charge in [-0.3, -0.25) is 4.79 Å². The summed E-state index contributed by atoms with van der Waals surface area (Å²) >= 11 is 0. The lowest BCUT2D eigenvalue weighted by Crippen LogP contribution is -2.16. The molecule has 1 amide bonds. The molecule has 0 aliphatic rings. The molecule has 0 aromatic carbocycles. The number of carbonyl (C=O) groups is 1. The van der Waals surface area contributed by atoms with Gasteiger partial charge in [-0.1, -0.05) is 26.5 Å². The van der Waals surface area contributed by atoms with Crippen molar-refractivity contribution in [3.63, 3.8) is 0 Å². The third-order valence-electron chi connectivity index (χ3n) is 0.704. The van der Waals surface area contributed by atoms with E-state index in [0.29, 0.717) is 5.70 Å². The first-order chi connectivity index (χ1) is 5.16. The minimum absolute atomic E-state index is 0.0851. The molecule has 0 rings (SSSR count). The van der Waals surface area contributed by atoms with Gasteiger partial charge in [-0.25, -0.2) is 0 Å². The molecule has 64 valence electrons. The van der Waals surface area contributed by atoms with Crippen molar-refractivity contribution < 1.29 is 4.79 Å². The number of rotatable bonds is 2. The Morgan fingerprint density at radius 3 is 2.18 bits per heavy atom. The van der Waals surface area contributed by atoms with Crippen LogP contribution in [0.3, 0.4) is 0 Å². The molecule has 0 aromatic rings. The minimum Gasteiger partial charge on any atom is -0.327 e. The minimum atomic E-state index is -0.0851. The molecule has 0 radical (unpaired) electrons. The Hall–Kier alpha value is -1.05. The second-order valence-electron chi connectivity index (χ2n) is 1.71. The number of nitrogens with one attached hydrogen (secondary N) is 1. The van der Waals surface area contributed by atoms with Crippen molar-refractivity contribution in [1.29, 1.82) is 0 Å². The summed E-state index contributed by atoms with van der Waals surface area (Å²) in [7, 11) is 0. The maximum absolute atomic E-state index is 10.3. The van der Waals surface area contributed by atoms with Gasteiger partial charge in [0.25, 0.3) is 0 Å². The molecule has 0 saturated carbocycles. The molecule has 0 aliphatic carbocycles. The van der Waals surface area contributed by atoms with Gasteiger partial charge in [-0.15, -0.1) is 0 Å². The van der Waals surface area contributed by atoms with Crippen LogP contribution in [0.1, 0.15) is 27.7 Å². The Kier molecular flexibility index (Phi) is 10.3. The van der Waals surface area contributed by atoms with Gasteiger partial charge in [0.2, 0.25) is 5.91 Å². The third kappa shape index (κ3) is 12.2. The zero-order valence-corrected chi connectivity index (χ0v) is 7.77. The van der Waals surface area contributed by atoms with Crippen LogP contribution in [-0.4, -0.2) is 5.91 Å². The quantitative estimate of drug-likeness (QED) is 0.609. The summed E-state index contributed by atoms with van der Waals surface area (Å²) in [6.07, 6.45) is 3.56. The Morgan fingerprint density at radius 2 is 1.91 bits per heavy atom. The first kappa shape index (κ1) is 12.6. The van der Waals surface area contributed by atoms with Crippen LogP contribution in [-0.2, 0) is 4.79 Å². The Balaban J connectivity index is 0. The fraction of sp³-hybridized carbons (Fsp3) is 0.444. The normalized spacial score (nSPS) is 8.36. The predicted molar refractivity (Wildman–Crippen MR) is 49.1 cm³/mol. The molecule has 0 saturated heterocycles. The van der Waals surface area contributed by atoms with Crippen molar-refractivity contribution in [2.24, 2.45) is 0 Å². The van der Waals surface area contributed by atoms with Crippen molar-refractivity contribution in [3.8, 4) is 0 Å². The maximum Gasteiger partial charge on any atom is 0.221 e. The first-order valence-corrected chi connectivity index (χ1v) is 3.76. The number of amides is 1. The summed E-state index contributed by atoms with van der Waals surface area (Å²) in [6, 6.07) is 0. The Morgan fingerprint density at radius 1 is 1.45 bits per heavy atom. The predicted octanol–water partition coefficient (Wildman–Crippen LogP) is 2.24. The number of allylic oxidation sites excluding steroid dienone is 2. The fourth-order valence-electron chi connectivity index (χ4n) is 0.469. The van der Waals surface area contributed by atoms with Gasteiger partial charge in [-0.05, 0) is 13.0 Å². The summed E-state index contributed by atoms with van der Waals surface area (Å²) < 4.78 is 0. The SMILES string of the molecule is C=C(/C=C\C)NC(C)=O.CC. The van der Waals surface area contributed by atoms with E-state index in [2.05, 4.69) is 11.9 Å². The second kappa shape index (κ2) is 8.95. The van der Waals surface area contributed by atoms with E-state index in [1.54, 1.807) is 6.08 Å². The van der Waals surface area contributed by atoms with Gasteiger partial charge in [0, 0.05) is 12.6 Å². The summed E-state index contributed by atoms with van der Waals surface area (Å²) in [5, 5.41) is 2.52. The third-order valence-corrected chi connectivity index (χ3v) is 0.704. The standard InChI is InChI=1S/C7H11NO.C2H6/c1-4-5-6(2)8-7(3)9;1-2/h4-5H,2H2,1,3H3,(H,8,9);1-2H3/b5-4-;. The zero-order chi connectivity index (χ0) is 9.28. The molecule has 0 unspecified atom stereocenters. The summed E-state index contributed by atoms with van der Waals surface area (Å²) in [5.74, 6) is -0.0851. The highest BCUT2D eigenvalue weighted by atomic mass is 16.1. The van der Waals surface area contributed by atoms with Crippen molar-refractivity contribution in [1.82, 2.24) is 5.32 Å². The van der Waals surface area contributed by atoms with Crippen LogP contribution in [0.15, 0.2) is 24.4 Å². The Bertz CT molecular complexity index is 148. The van der Waals surface area contributed by atoms with Gasteiger partial charge in [-0.2, -0.15) is 0 Å². The van der Waals surface area contributed by atoms with E-state index in [1.165, 1.54) is 6.92 Å². The van der Waals surface area contributed by atoms with E-state index >= 15 is 0 Å². The topological polar surface area (TPSA) is 29.1 Å². The summed E-state index contributed by atoms with van der Waals surface area (Å²) in [6.45, 7) is 10.9. The van der Waals surface area contributed by atoms with Crippen molar-refractivity contribution >= 4 is 5.91 Å². The number of hydrogen-bond donors (Lipinski definition) is 1. The zero-order valence-electron chi connectivity index (χ0n) is 7.77. The highest BCUT2D eigenvalue weighted by Crippen LogP contribution is 1.84. The average molecular weight is 155 g/mol. The van der Waals surface area contributed by atoms with Crippen LogP contribution in [0.25, 0.3) is 0 Å². The van der Waals surface area contributed by atoms with E-state index in [-0.39, 0.29) is 5.91 Å². The largest absolute Gasteiger partial charge is 0.327 e. The highest BCUT2D eigenvalue weighted by Gasteiger charge is 1.88. The monoisotopic (exact) mass is 155 g/mol.